The fraction of sp³-hybridized carbons (Fsp3) is 0.368. The van der Waals surface area contributed by atoms with Gasteiger partial charge in [0.15, 0.2) is 0 Å². The van der Waals surface area contributed by atoms with Gasteiger partial charge in [-0.1, -0.05) is 60.2 Å². The molecule has 0 aliphatic carbocycles. The van der Waals surface area contributed by atoms with E-state index in [1.807, 2.05) is 56.3 Å². The second kappa shape index (κ2) is 8.42. The number of rotatable bonds is 8. The number of sulfonamides is 1. The minimum atomic E-state index is -3.30. The topological polar surface area (TPSA) is 49.4 Å². The lowest BCUT2D eigenvalue weighted by Crippen LogP contribution is -2.36. The maximum absolute atomic E-state index is 12.3. The van der Waals surface area contributed by atoms with Gasteiger partial charge in [-0.2, -0.15) is 0 Å². The van der Waals surface area contributed by atoms with Gasteiger partial charge < -0.3 is 4.90 Å². The summed E-state index contributed by atoms with van der Waals surface area (Å²) in [7, 11) is 0.621. The lowest BCUT2D eigenvalue weighted by molar-refractivity contribution is 0.299. The molecule has 130 valence electrons. The molecule has 2 aromatic carbocycles. The Morgan fingerprint density at radius 1 is 1.00 bits per heavy atom. The predicted molar refractivity (Wildman–Crippen MR) is 99.5 cm³/mol. The molecule has 1 atom stereocenters. The summed E-state index contributed by atoms with van der Waals surface area (Å²) in [6.07, 6.45) is 0.521. The Balaban J connectivity index is 1.96. The van der Waals surface area contributed by atoms with E-state index in [2.05, 4.69) is 29.0 Å². The van der Waals surface area contributed by atoms with Crippen molar-refractivity contribution in [2.24, 2.45) is 0 Å². The van der Waals surface area contributed by atoms with E-state index in [0.29, 0.717) is 13.0 Å². The van der Waals surface area contributed by atoms with Gasteiger partial charge in [0.2, 0.25) is 10.0 Å². The molecule has 4 nitrogen and oxygen atoms in total. The minimum Gasteiger partial charge on any atom is -0.301 e. The molecule has 0 bridgehead atoms. The quantitative estimate of drug-likeness (QED) is 0.800. The van der Waals surface area contributed by atoms with Crippen molar-refractivity contribution in [3.05, 3.63) is 71.3 Å². The van der Waals surface area contributed by atoms with Crippen molar-refractivity contribution in [3.8, 4) is 0 Å². The average Bonchev–Trinajstić information content (AvgIpc) is 2.55. The van der Waals surface area contributed by atoms with Crippen LogP contribution in [0.1, 0.15) is 22.7 Å². The van der Waals surface area contributed by atoms with Crippen LogP contribution < -0.4 is 4.72 Å². The molecule has 0 heterocycles. The van der Waals surface area contributed by atoms with Gasteiger partial charge in [0.05, 0.1) is 5.75 Å². The molecular formula is C19H26N2O2S. The number of hydrogen-bond donors (Lipinski definition) is 1. The summed E-state index contributed by atoms with van der Waals surface area (Å²) < 4.78 is 27.3. The highest BCUT2D eigenvalue weighted by Crippen LogP contribution is 2.18. The van der Waals surface area contributed by atoms with Crippen LogP contribution in [0.3, 0.4) is 0 Å². The van der Waals surface area contributed by atoms with E-state index in [4.69, 9.17) is 0 Å². The van der Waals surface area contributed by atoms with E-state index in [9.17, 15) is 8.42 Å². The monoisotopic (exact) mass is 346 g/mol. The van der Waals surface area contributed by atoms with Crippen molar-refractivity contribution in [2.45, 2.75) is 19.4 Å². The molecular weight excluding hydrogens is 320 g/mol. The second-order valence-corrected chi connectivity index (χ2v) is 8.22. The zero-order valence-corrected chi connectivity index (χ0v) is 15.4. The first-order chi connectivity index (χ1) is 11.4. The summed E-state index contributed by atoms with van der Waals surface area (Å²) >= 11 is 0. The summed E-state index contributed by atoms with van der Waals surface area (Å²) in [6, 6.07) is 17.9. The van der Waals surface area contributed by atoms with Crippen molar-refractivity contribution in [1.82, 2.24) is 9.62 Å². The summed E-state index contributed by atoms with van der Waals surface area (Å²) in [5.41, 5.74) is 3.33. The van der Waals surface area contributed by atoms with Crippen LogP contribution in [0, 0.1) is 6.92 Å². The molecule has 1 N–H and O–H groups in total. The van der Waals surface area contributed by atoms with Gasteiger partial charge in [-0.3, -0.25) is 0 Å². The molecule has 0 radical (unpaired) electrons. The van der Waals surface area contributed by atoms with Gasteiger partial charge in [-0.25, -0.2) is 13.1 Å². The van der Waals surface area contributed by atoms with E-state index >= 15 is 0 Å². The lowest BCUT2D eigenvalue weighted by atomic mass is 10.0. The largest absolute Gasteiger partial charge is 0.301 e. The van der Waals surface area contributed by atoms with Gasteiger partial charge >= 0.3 is 0 Å². The molecule has 2 rings (SSSR count). The van der Waals surface area contributed by atoms with E-state index in [1.165, 1.54) is 5.56 Å². The third-order valence-corrected chi connectivity index (χ3v) is 5.43. The zero-order chi connectivity index (χ0) is 17.6. The molecule has 0 saturated carbocycles. The fourth-order valence-electron chi connectivity index (χ4n) is 2.56. The Kier molecular flexibility index (Phi) is 6.54. The second-order valence-electron chi connectivity index (χ2n) is 6.29. The number of nitrogens with zero attached hydrogens (tertiary/aromatic N) is 1. The zero-order valence-electron chi connectivity index (χ0n) is 14.6. The molecule has 1 unspecified atom stereocenters. The van der Waals surface area contributed by atoms with Gasteiger partial charge in [0.1, 0.15) is 0 Å². The van der Waals surface area contributed by atoms with Gasteiger partial charge in [-0.15, -0.1) is 0 Å². The van der Waals surface area contributed by atoms with Gasteiger partial charge in [0, 0.05) is 12.6 Å². The summed E-state index contributed by atoms with van der Waals surface area (Å²) in [6.45, 7) is 2.41. The van der Waals surface area contributed by atoms with E-state index in [1.54, 1.807) is 0 Å². The lowest BCUT2D eigenvalue weighted by Gasteiger charge is -2.25. The first-order valence-corrected chi connectivity index (χ1v) is 9.77. The Morgan fingerprint density at radius 3 is 2.21 bits per heavy atom. The molecule has 24 heavy (non-hydrogen) atoms. The van der Waals surface area contributed by atoms with Crippen LogP contribution in [-0.4, -0.2) is 39.7 Å². The SMILES string of the molecule is Cc1ccc(C(CNS(=O)(=O)CCc2ccccc2)N(C)C)cc1. The molecule has 5 heteroatoms. The number of likely N-dealkylation sites (N-methyl/N-ethyl adjacent to an activating group) is 1. The van der Waals surface area contributed by atoms with E-state index in [0.717, 1.165) is 11.1 Å². The van der Waals surface area contributed by atoms with Crippen LogP contribution in [0.15, 0.2) is 54.6 Å². The van der Waals surface area contributed by atoms with Gasteiger partial charge in [-0.05, 0) is 38.6 Å². The van der Waals surface area contributed by atoms with Crippen LogP contribution >= 0.6 is 0 Å². The molecule has 0 aliphatic heterocycles. The highest BCUT2D eigenvalue weighted by atomic mass is 32.2. The number of nitrogens with one attached hydrogen (secondary N) is 1. The third kappa shape index (κ3) is 5.74. The van der Waals surface area contributed by atoms with Crippen LogP contribution in [0.5, 0.6) is 0 Å². The van der Waals surface area contributed by atoms with Crippen LogP contribution in [0.25, 0.3) is 0 Å². The number of benzene rings is 2. The summed E-state index contributed by atoms with van der Waals surface area (Å²) in [4.78, 5) is 2.03. The van der Waals surface area contributed by atoms with Crippen LogP contribution in [0.4, 0.5) is 0 Å². The number of aryl methyl sites for hydroxylation is 2. The molecule has 0 amide bonds. The third-order valence-electron chi connectivity index (χ3n) is 4.08. The molecule has 0 aromatic heterocycles. The Labute approximate surface area is 145 Å². The maximum Gasteiger partial charge on any atom is 0.211 e. The smallest absolute Gasteiger partial charge is 0.211 e. The average molecular weight is 346 g/mol. The molecule has 0 fully saturated rings. The summed E-state index contributed by atoms with van der Waals surface area (Å²) in [5, 5.41) is 0. The van der Waals surface area contributed by atoms with Crippen molar-refractivity contribution >= 4 is 10.0 Å². The normalized spacial score (nSPS) is 13.2. The van der Waals surface area contributed by atoms with Crippen molar-refractivity contribution in [1.29, 1.82) is 0 Å². The Morgan fingerprint density at radius 2 is 1.62 bits per heavy atom. The van der Waals surface area contributed by atoms with E-state index in [-0.39, 0.29) is 11.8 Å². The minimum absolute atomic E-state index is 0.0112. The predicted octanol–water partition coefficient (Wildman–Crippen LogP) is 2.76. The molecule has 0 saturated heterocycles. The number of hydrogen-bond acceptors (Lipinski definition) is 3. The van der Waals surface area contributed by atoms with E-state index < -0.39 is 10.0 Å². The molecule has 0 spiro atoms. The fourth-order valence-corrected chi connectivity index (χ4v) is 3.62. The first-order valence-electron chi connectivity index (χ1n) is 8.11. The van der Waals surface area contributed by atoms with Crippen molar-refractivity contribution in [3.63, 3.8) is 0 Å². The Hall–Kier alpha value is -1.69. The van der Waals surface area contributed by atoms with Crippen molar-refractivity contribution < 1.29 is 8.42 Å². The standard InChI is InChI=1S/C19H26N2O2S/c1-16-9-11-18(12-10-16)19(21(2)3)15-20-24(22,23)14-13-17-7-5-4-6-8-17/h4-12,19-20H,13-15H2,1-3H3. The van der Waals surface area contributed by atoms with Crippen LogP contribution in [-0.2, 0) is 16.4 Å². The molecule has 0 aliphatic rings. The Bertz CT molecular complexity index is 726. The maximum atomic E-state index is 12.3. The first kappa shape index (κ1) is 18.6. The molecule has 2 aromatic rings. The van der Waals surface area contributed by atoms with Crippen LogP contribution in [0.2, 0.25) is 0 Å². The highest BCUT2D eigenvalue weighted by molar-refractivity contribution is 7.89. The van der Waals surface area contributed by atoms with Crippen molar-refractivity contribution in [2.75, 3.05) is 26.4 Å². The highest BCUT2D eigenvalue weighted by Gasteiger charge is 2.18. The summed E-state index contributed by atoms with van der Waals surface area (Å²) in [5.74, 6) is 0.102. The van der Waals surface area contributed by atoms with Gasteiger partial charge in [0.25, 0.3) is 0 Å².